The molecule has 0 spiro atoms. The second-order valence-corrected chi connectivity index (χ2v) is 3.78. The van der Waals surface area contributed by atoms with Crippen LogP contribution < -0.4 is 4.74 Å². The summed E-state index contributed by atoms with van der Waals surface area (Å²) in [5.74, 6) is -0.733. The number of carboxylic acid groups (broad SMARTS) is 1. The molecule has 0 heterocycles. The zero-order valence-electron chi connectivity index (χ0n) is 9.61. The third kappa shape index (κ3) is 4.63. The smallest absolute Gasteiger partial charge is 0.339 e. The van der Waals surface area contributed by atoms with Gasteiger partial charge in [0.1, 0.15) is 11.3 Å². The fourth-order valence-corrected chi connectivity index (χ4v) is 1.44. The predicted molar refractivity (Wildman–Crippen MR) is 65.0 cm³/mol. The van der Waals surface area contributed by atoms with Crippen molar-refractivity contribution < 1.29 is 19.4 Å². The maximum absolute atomic E-state index is 10.9. The van der Waals surface area contributed by atoms with Crippen LogP contribution in [0.15, 0.2) is 18.2 Å². The Labute approximate surface area is 105 Å². The summed E-state index contributed by atoms with van der Waals surface area (Å²) in [4.78, 5) is 10.9. The van der Waals surface area contributed by atoms with Gasteiger partial charge in [0.05, 0.1) is 6.61 Å². The Morgan fingerprint density at radius 3 is 2.82 bits per heavy atom. The van der Waals surface area contributed by atoms with Crippen molar-refractivity contribution in [1.82, 2.24) is 0 Å². The Bertz CT molecular complexity index is 379. The summed E-state index contributed by atoms with van der Waals surface area (Å²) in [6.07, 6.45) is 0.708. The molecule has 0 bridgehead atoms. The van der Waals surface area contributed by atoms with Crippen LogP contribution in [0.4, 0.5) is 0 Å². The number of carbonyl (C=O) groups is 1. The number of hydrogen-bond donors (Lipinski definition) is 1. The van der Waals surface area contributed by atoms with Crippen LogP contribution in [0, 0.1) is 0 Å². The number of halogens is 1. The molecule has 94 valence electrons. The van der Waals surface area contributed by atoms with Gasteiger partial charge in [-0.1, -0.05) is 11.6 Å². The number of ether oxygens (including phenoxy) is 2. The number of benzene rings is 1. The zero-order chi connectivity index (χ0) is 12.7. The van der Waals surface area contributed by atoms with Crippen molar-refractivity contribution in [3.05, 3.63) is 28.8 Å². The lowest BCUT2D eigenvalue weighted by atomic mass is 10.2. The Balaban J connectivity index is 2.56. The number of carboxylic acids is 1. The van der Waals surface area contributed by atoms with Gasteiger partial charge in [-0.05, 0) is 25.1 Å². The summed E-state index contributed by atoms with van der Waals surface area (Å²) in [5, 5.41) is 9.40. The molecule has 17 heavy (non-hydrogen) atoms. The van der Waals surface area contributed by atoms with Gasteiger partial charge in [0, 0.05) is 24.7 Å². The third-order valence-corrected chi connectivity index (χ3v) is 2.30. The zero-order valence-corrected chi connectivity index (χ0v) is 10.4. The van der Waals surface area contributed by atoms with Crippen molar-refractivity contribution in [3.63, 3.8) is 0 Å². The van der Waals surface area contributed by atoms with Crippen LogP contribution >= 0.6 is 11.6 Å². The number of rotatable bonds is 7. The fourth-order valence-electron chi connectivity index (χ4n) is 1.28. The lowest BCUT2D eigenvalue weighted by Crippen LogP contribution is -2.06. The Morgan fingerprint density at radius 2 is 2.18 bits per heavy atom. The minimum atomic E-state index is -1.03. The van der Waals surface area contributed by atoms with Gasteiger partial charge in [-0.2, -0.15) is 0 Å². The van der Waals surface area contributed by atoms with E-state index < -0.39 is 5.97 Å². The Hall–Kier alpha value is -1.26. The molecule has 0 aromatic heterocycles. The standard InChI is InChI=1S/C12H15ClO4/c1-2-16-6-3-7-17-11-8-9(13)4-5-10(11)12(14)15/h4-5,8H,2-3,6-7H2,1H3,(H,14,15). The molecular formula is C12H15ClO4. The van der Waals surface area contributed by atoms with Gasteiger partial charge in [-0.25, -0.2) is 4.79 Å². The second kappa shape index (κ2) is 7.14. The van der Waals surface area contributed by atoms with E-state index in [4.69, 9.17) is 26.2 Å². The molecule has 0 fully saturated rings. The first kappa shape index (κ1) is 13.8. The molecule has 4 nitrogen and oxygen atoms in total. The van der Waals surface area contributed by atoms with Crippen LogP contribution in [-0.4, -0.2) is 30.9 Å². The van der Waals surface area contributed by atoms with Crippen LogP contribution in [0.3, 0.4) is 0 Å². The molecule has 0 aliphatic carbocycles. The summed E-state index contributed by atoms with van der Waals surface area (Å²) < 4.78 is 10.5. The quantitative estimate of drug-likeness (QED) is 0.764. The van der Waals surface area contributed by atoms with Gasteiger partial charge in [0.25, 0.3) is 0 Å². The van der Waals surface area contributed by atoms with Crippen LogP contribution in [0.2, 0.25) is 5.02 Å². The average Bonchev–Trinajstić information content (AvgIpc) is 2.28. The minimum absolute atomic E-state index is 0.116. The van der Waals surface area contributed by atoms with Crippen molar-refractivity contribution in [2.45, 2.75) is 13.3 Å². The van der Waals surface area contributed by atoms with E-state index in [0.29, 0.717) is 37.0 Å². The van der Waals surface area contributed by atoms with Gasteiger partial charge >= 0.3 is 5.97 Å². The molecule has 1 aromatic carbocycles. The highest BCUT2D eigenvalue weighted by molar-refractivity contribution is 6.30. The number of aromatic carboxylic acids is 1. The maximum atomic E-state index is 10.9. The highest BCUT2D eigenvalue weighted by atomic mass is 35.5. The molecule has 1 rings (SSSR count). The summed E-state index contributed by atoms with van der Waals surface area (Å²) in [6, 6.07) is 4.46. The number of hydrogen-bond acceptors (Lipinski definition) is 3. The highest BCUT2D eigenvalue weighted by Gasteiger charge is 2.11. The maximum Gasteiger partial charge on any atom is 0.339 e. The van der Waals surface area contributed by atoms with Gasteiger partial charge in [-0.15, -0.1) is 0 Å². The first-order valence-electron chi connectivity index (χ1n) is 5.38. The molecule has 0 unspecified atom stereocenters. The van der Waals surface area contributed by atoms with Crippen molar-refractivity contribution in [3.8, 4) is 5.75 Å². The lowest BCUT2D eigenvalue weighted by molar-refractivity contribution is 0.0691. The molecule has 5 heteroatoms. The van der Waals surface area contributed by atoms with Gasteiger partial charge in [-0.3, -0.25) is 0 Å². The van der Waals surface area contributed by atoms with Crippen molar-refractivity contribution in [2.75, 3.05) is 19.8 Å². The lowest BCUT2D eigenvalue weighted by Gasteiger charge is -2.09. The molecule has 0 aliphatic rings. The van der Waals surface area contributed by atoms with Crippen molar-refractivity contribution in [2.24, 2.45) is 0 Å². The van der Waals surface area contributed by atoms with Crippen LogP contribution in [0.5, 0.6) is 5.75 Å². The largest absolute Gasteiger partial charge is 0.493 e. The van der Waals surface area contributed by atoms with E-state index in [0.717, 1.165) is 0 Å². The van der Waals surface area contributed by atoms with Crippen LogP contribution in [0.25, 0.3) is 0 Å². The normalized spacial score (nSPS) is 10.2. The molecule has 0 saturated carbocycles. The Kier molecular flexibility index (Phi) is 5.80. The van der Waals surface area contributed by atoms with Gasteiger partial charge < -0.3 is 14.6 Å². The predicted octanol–water partition coefficient (Wildman–Crippen LogP) is 2.84. The SMILES string of the molecule is CCOCCCOc1cc(Cl)ccc1C(=O)O. The monoisotopic (exact) mass is 258 g/mol. The minimum Gasteiger partial charge on any atom is -0.493 e. The third-order valence-electron chi connectivity index (χ3n) is 2.07. The van der Waals surface area contributed by atoms with Gasteiger partial charge in [0.15, 0.2) is 0 Å². The molecule has 0 amide bonds. The first-order valence-corrected chi connectivity index (χ1v) is 5.76. The molecule has 0 atom stereocenters. The average molecular weight is 259 g/mol. The second-order valence-electron chi connectivity index (χ2n) is 3.34. The summed E-state index contributed by atoms with van der Waals surface area (Å²) in [5.41, 5.74) is 0.116. The van der Waals surface area contributed by atoms with E-state index in [2.05, 4.69) is 0 Å². The molecule has 1 N–H and O–H groups in total. The summed E-state index contributed by atoms with van der Waals surface area (Å²) in [7, 11) is 0. The van der Waals surface area contributed by atoms with E-state index >= 15 is 0 Å². The summed E-state index contributed by atoms with van der Waals surface area (Å²) >= 11 is 5.79. The van der Waals surface area contributed by atoms with E-state index in [1.165, 1.54) is 18.2 Å². The topological polar surface area (TPSA) is 55.8 Å². The summed E-state index contributed by atoms with van der Waals surface area (Å²) in [6.45, 7) is 3.58. The molecule has 1 aromatic rings. The molecule has 0 aliphatic heterocycles. The fraction of sp³-hybridized carbons (Fsp3) is 0.417. The van der Waals surface area contributed by atoms with Crippen molar-refractivity contribution >= 4 is 17.6 Å². The van der Waals surface area contributed by atoms with E-state index in [1.807, 2.05) is 6.92 Å². The van der Waals surface area contributed by atoms with Crippen LogP contribution in [0.1, 0.15) is 23.7 Å². The molecular weight excluding hydrogens is 244 g/mol. The van der Waals surface area contributed by atoms with Gasteiger partial charge in [0.2, 0.25) is 0 Å². The van der Waals surface area contributed by atoms with E-state index in [-0.39, 0.29) is 5.56 Å². The molecule has 0 radical (unpaired) electrons. The highest BCUT2D eigenvalue weighted by Crippen LogP contribution is 2.23. The first-order chi connectivity index (χ1) is 8.15. The van der Waals surface area contributed by atoms with E-state index in [1.54, 1.807) is 0 Å². The molecule has 0 saturated heterocycles. The van der Waals surface area contributed by atoms with Crippen LogP contribution in [-0.2, 0) is 4.74 Å². The van der Waals surface area contributed by atoms with E-state index in [9.17, 15) is 4.79 Å². The Morgan fingerprint density at radius 1 is 1.41 bits per heavy atom. The van der Waals surface area contributed by atoms with Crippen molar-refractivity contribution in [1.29, 1.82) is 0 Å².